The molecule has 31 heavy (non-hydrogen) atoms. The lowest BCUT2D eigenvalue weighted by Gasteiger charge is -2.19. The van der Waals surface area contributed by atoms with Crippen LogP contribution in [-0.2, 0) is 14.8 Å². The van der Waals surface area contributed by atoms with Gasteiger partial charge in [-0.25, -0.2) is 13.4 Å². The lowest BCUT2D eigenvalue weighted by Crippen LogP contribution is -2.30. The van der Waals surface area contributed by atoms with Crippen molar-refractivity contribution >= 4 is 38.1 Å². The van der Waals surface area contributed by atoms with Gasteiger partial charge in [0.05, 0.1) is 4.90 Å². The molecule has 2 unspecified atom stereocenters. The number of nitrogens with one attached hydrogen (secondary N) is 2. The van der Waals surface area contributed by atoms with E-state index in [-0.39, 0.29) is 10.8 Å². The molecule has 0 saturated heterocycles. The van der Waals surface area contributed by atoms with Crippen LogP contribution in [-0.4, -0.2) is 25.4 Å². The van der Waals surface area contributed by atoms with E-state index >= 15 is 0 Å². The van der Waals surface area contributed by atoms with Crippen LogP contribution in [0.4, 0.5) is 10.8 Å². The number of nitrogens with zero attached hydrogens (tertiary/aromatic N) is 1. The fourth-order valence-corrected chi connectivity index (χ4v) is 4.66. The van der Waals surface area contributed by atoms with E-state index in [1.54, 1.807) is 12.3 Å². The number of anilines is 2. The maximum absolute atomic E-state index is 12.6. The number of carbonyl (C=O) groups excluding carboxylic acids is 1. The minimum absolute atomic E-state index is 0.0764. The highest BCUT2D eigenvalue weighted by atomic mass is 32.2. The monoisotopic (exact) mass is 459 g/mol. The van der Waals surface area contributed by atoms with Gasteiger partial charge in [-0.15, -0.1) is 11.3 Å². The van der Waals surface area contributed by atoms with Crippen LogP contribution in [0.15, 0.2) is 65.0 Å². The van der Waals surface area contributed by atoms with Gasteiger partial charge in [-0.1, -0.05) is 32.0 Å². The maximum atomic E-state index is 12.6. The Hall–Kier alpha value is -2.91. The van der Waals surface area contributed by atoms with Crippen LogP contribution >= 0.6 is 11.3 Å². The van der Waals surface area contributed by atoms with Crippen molar-refractivity contribution in [1.29, 1.82) is 0 Å². The molecule has 0 bridgehead atoms. The number of benzene rings is 2. The molecule has 3 aromatic rings. The van der Waals surface area contributed by atoms with Crippen LogP contribution < -0.4 is 14.8 Å². The number of hydrogen-bond acceptors (Lipinski definition) is 6. The number of carbonyl (C=O) groups is 1. The number of para-hydroxylation sites is 1. The Labute approximate surface area is 186 Å². The third kappa shape index (κ3) is 5.83. The van der Waals surface area contributed by atoms with Gasteiger partial charge in [0.1, 0.15) is 5.75 Å². The summed E-state index contributed by atoms with van der Waals surface area (Å²) in [5.74, 6) is 0.684. The highest BCUT2D eigenvalue weighted by Gasteiger charge is 2.19. The lowest BCUT2D eigenvalue weighted by molar-refractivity contribution is -0.122. The number of thiazole rings is 1. The zero-order chi connectivity index (χ0) is 22.4. The second kappa shape index (κ2) is 9.93. The van der Waals surface area contributed by atoms with Crippen molar-refractivity contribution in [2.24, 2.45) is 0 Å². The van der Waals surface area contributed by atoms with Crippen LogP contribution in [0.25, 0.3) is 0 Å². The van der Waals surface area contributed by atoms with Gasteiger partial charge in [0.25, 0.3) is 15.9 Å². The Balaban J connectivity index is 1.64. The van der Waals surface area contributed by atoms with Crippen LogP contribution in [0, 0.1) is 0 Å². The van der Waals surface area contributed by atoms with Gasteiger partial charge in [-0.05, 0) is 55.2 Å². The summed E-state index contributed by atoms with van der Waals surface area (Å²) in [5.41, 5.74) is 1.54. The predicted octanol–water partition coefficient (Wildman–Crippen LogP) is 4.86. The average molecular weight is 460 g/mol. The van der Waals surface area contributed by atoms with Gasteiger partial charge in [-0.2, -0.15) is 0 Å². The molecule has 0 spiro atoms. The maximum Gasteiger partial charge on any atom is 0.265 e. The molecule has 1 aromatic heterocycles. The van der Waals surface area contributed by atoms with E-state index in [9.17, 15) is 13.2 Å². The summed E-state index contributed by atoms with van der Waals surface area (Å²) in [4.78, 5) is 16.6. The van der Waals surface area contributed by atoms with Crippen LogP contribution in [0.3, 0.4) is 0 Å². The molecule has 0 aliphatic rings. The molecule has 9 heteroatoms. The summed E-state index contributed by atoms with van der Waals surface area (Å²) in [6.07, 6.45) is 1.76. The minimum Gasteiger partial charge on any atom is -0.481 e. The van der Waals surface area contributed by atoms with Crippen LogP contribution in [0.1, 0.15) is 38.7 Å². The van der Waals surface area contributed by atoms with Crippen molar-refractivity contribution in [1.82, 2.24) is 4.98 Å². The SMILES string of the molecule is CCC(C)c1ccccc1OC(C)C(=O)Nc1ccc(S(=O)(=O)Nc2nccs2)cc1. The Morgan fingerprint density at radius 2 is 1.84 bits per heavy atom. The smallest absolute Gasteiger partial charge is 0.265 e. The number of aromatic nitrogens is 1. The summed E-state index contributed by atoms with van der Waals surface area (Å²) in [5, 5.41) is 4.73. The Kier molecular flexibility index (Phi) is 7.29. The van der Waals surface area contributed by atoms with E-state index in [1.165, 1.54) is 41.8 Å². The van der Waals surface area contributed by atoms with E-state index in [0.29, 0.717) is 22.5 Å². The first-order chi connectivity index (χ1) is 14.8. The van der Waals surface area contributed by atoms with Gasteiger partial charge in [0, 0.05) is 17.3 Å². The topological polar surface area (TPSA) is 97.4 Å². The van der Waals surface area contributed by atoms with E-state index in [0.717, 1.165) is 12.0 Å². The molecule has 0 fully saturated rings. The number of hydrogen-bond donors (Lipinski definition) is 2. The fraction of sp³-hybridized carbons (Fsp3) is 0.273. The Morgan fingerprint density at radius 3 is 2.48 bits per heavy atom. The molecule has 2 aromatic carbocycles. The van der Waals surface area contributed by atoms with Gasteiger partial charge in [0.15, 0.2) is 11.2 Å². The van der Waals surface area contributed by atoms with Gasteiger partial charge >= 0.3 is 0 Å². The average Bonchev–Trinajstić information content (AvgIpc) is 3.26. The molecule has 2 atom stereocenters. The first-order valence-electron chi connectivity index (χ1n) is 9.89. The van der Waals surface area contributed by atoms with E-state index < -0.39 is 16.1 Å². The molecule has 2 N–H and O–H groups in total. The van der Waals surface area contributed by atoms with E-state index in [4.69, 9.17) is 4.74 Å². The highest BCUT2D eigenvalue weighted by Crippen LogP contribution is 2.29. The Morgan fingerprint density at radius 1 is 1.13 bits per heavy atom. The molecule has 1 amide bonds. The quantitative estimate of drug-likeness (QED) is 0.476. The zero-order valence-electron chi connectivity index (χ0n) is 17.5. The van der Waals surface area contributed by atoms with Crippen molar-refractivity contribution < 1.29 is 17.9 Å². The van der Waals surface area contributed by atoms with E-state index in [2.05, 4.69) is 28.9 Å². The highest BCUT2D eigenvalue weighted by molar-refractivity contribution is 7.93. The zero-order valence-corrected chi connectivity index (χ0v) is 19.2. The summed E-state index contributed by atoms with van der Waals surface area (Å²) in [6, 6.07) is 13.6. The second-order valence-electron chi connectivity index (χ2n) is 7.06. The molecule has 164 valence electrons. The van der Waals surface area contributed by atoms with Crippen molar-refractivity contribution in [3.05, 3.63) is 65.7 Å². The molecular formula is C22H25N3O4S2. The van der Waals surface area contributed by atoms with Gasteiger partial charge in [-0.3, -0.25) is 9.52 Å². The van der Waals surface area contributed by atoms with Crippen LogP contribution in [0.2, 0.25) is 0 Å². The largest absolute Gasteiger partial charge is 0.481 e. The Bertz CT molecular complexity index is 1110. The molecule has 7 nitrogen and oxygen atoms in total. The van der Waals surface area contributed by atoms with E-state index in [1.807, 2.05) is 24.3 Å². The standard InChI is InChI=1S/C22H25N3O4S2/c1-4-15(2)19-7-5-6-8-20(19)29-16(3)21(26)24-17-9-11-18(12-10-17)31(27,28)25-22-23-13-14-30-22/h5-16H,4H2,1-3H3,(H,23,25)(H,24,26). The normalized spacial score (nSPS) is 13.3. The number of amides is 1. The second-order valence-corrected chi connectivity index (χ2v) is 9.64. The van der Waals surface area contributed by atoms with Gasteiger partial charge < -0.3 is 10.1 Å². The summed E-state index contributed by atoms with van der Waals surface area (Å²) < 4.78 is 33.1. The number of sulfonamides is 1. The third-order valence-corrected chi connectivity index (χ3v) is 6.99. The third-order valence-electron chi connectivity index (χ3n) is 4.82. The van der Waals surface area contributed by atoms with Crippen LogP contribution in [0.5, 0.6) is 5.75 Å². The molecule has 3 rings (SSSR count). The first-order valence-corrected chi connectivity index (χ1v) is 12.2. The molecule has 0 aliphatic carbocycles. The van der Waals surface area contributed by atoms with Crippen molar-refractivity contribution in [3.8, 4) is 5.75 Å². The molecule has 0 radical (unpaired) electrons. The summed E-state index contributed by atoms with van der Waals surface area (Å²) in [7, 11) is -3.74. The number of rotatable bonds is 9. The predicted molar refractivity (Wildman–Crippen MR) is 123 cm³/mol. The number of ether oxygens (including phenoxy) is 1. The van der Waals surface area contributed by atoms with Gasteiger partial charge in [0.2, 0.25) is 0 Å². The molecule has 1 heterocycles. The first kappa shape index (κ1) is 22.8. The lowest BCUT2D eigenvalue weighted by atomic mass is 9.98. The van der Waals surface area contributed by atoms with Crippen molar-refractivity contribution in [2.45, 2.75) is 44.1 Å². The minimum atomic E-state index is -3.74. The van der Waals surface area contributed by atoms with Crippen molar-refractivity contribution in [2.75, 3.05) is 10.0 Å². The summed E-state index contributed by atoms with van der Waals surface area (Å²) in [6.45, 7) is 5.90. The summed E-state index contributed by atoms with van der Waals surface area (Å²) >= 11 is 1.19. The molecule has 0 saturated carbocycles. The molecular weight excluding hydrogens is 434 g/mol. The van der Waals surface area contributed by atoms with Crippen molar-refractivity contribution in [3.63, 3.8) is 0 Å². The molecule has 0 aliphatic heterocycles. The fourth-order valence-electron chi connectivity index (χ4n) is 2.87.